The Bertz CT molecular complexity index is 489. The highest BCUT2D eigenvalue weighted by molar-refractivity contribution is 5.70. The van der Waals surface area contributed by atoms with Crippen molar-refractivity contribution >= 4 is 6.09 Å². The number of hydrogen-bond acceptors (Lipinski definition) is 3. The van der Waals surface area contributed by atoms with Crippen LogP contribution in [0, 0.1) is 11.7 Å². The van der Waals surface area contributed by atoms with Gasteiger partial charge < -0.3 is 15.0 Å². The monoisotopic (exact) mass is 278 g/mol. The molecule has 2 heterocycles. The Balaban J connectivity index is 1.62. The quantitative estimate of drug-likeness (QED) is 0.921. The van der Waals surface area contributed by atoms with Crippen LogP contribution in [0.25, 0.3) is 0 Å². The molecule has 0 saturated carbocycles. The van der Waals surface area contributed by atoms with Gasteiger partial charge in [-0.3, -0.25) is 0 Å². The zero-order valence-corrected chi connectivity index (χ0v) is 11.3. The van der Waals surface area contributed by atoms with Crippen molar-refractivity contribution < 1.29 is 13.9 Å². The summed E-state index contributed by atoms with van der Waals surface area (Å²) < 4.78 is 18.6. The van der Waals surface area contributed by atoms with Crippen LogP contribution >= 0.6 is 0 Å². The van der Waals surface area contributed by atoms with Crippen molar-refractivity contribution in [1.82, 2.24) is 10.2 Å². The molecule has 1 aromatic rings. The number of nitrogens with zero attached hydrogens (tertiary/aromatic N) is 1. The zero-order valence-electron chi connectivity index (χ0n) is 11.3. The number of piperidine rings is 1. The van der Waals surface area contributed by atoms with Crippen molar-refractivity contribution in [2.45, 2.75) is 25.5 Å². The average molecular weight is 278 g/mol. The average Bonchev–Trinajstić information content (AvgIpc) is 2.81. The molecule has 2 fully saturated rings. The number of carbonyl (C=O) groups excluding carboxylic acids is 1. The molecular weight excluding hydrogens is 259 g/mol. The highest BCUT2D eigenvalue weighted by Gasteiger charge is 2.36. The molecule has 5 heteroatoms. The van der Waals surface area contributed by atoms with Gasteiger partial charge in [-0.2, -0.15) is 0 Å². The number of cyclic esters (lactones) is 1. The van der Waals surface area contributed by atoms with Crippen LogP contribution in [0.4, 0.5) is 9.18 Å². The van der Waals surface area contributed by atoms with Crippen LogP contribution in [-0.4, -0.2) is 36.7 Å². The number of amides is 1. The second kappa shape index (κ2) is 5.79. The molecule has 2 unspecified atom stereocenters. The van der Waals surface area contributed by atoms with Gasteiger partial charge in [0, 0.05) is 19.0 Å². The fourth-order valence-electron chi connectivity index (χ4n) is 2.96. The van der Waals surface area contributed by atoms with Gasteiger partial charge in [0.15, 0.2) is 0 Å². The third-order valence-electron chi connectivity index (χ3n) is 4.03. The van der Waals surface area contributed by atoms with Gasteiger partial charge in [-0.1, -0.05) is 12.1 Å². The van der Waals surface area contributed by atoms with Gasteiger partial charge in [0.1, 0.15) is 11.9 Å². The molecule has 1 amide bonds. The summed E-state index contributed by atoms with van der Waals surface area (Å²) in [6, 6.07) is 6.35. The van der Waals surface area contributed by atoms with Crippen molar-refractivity contribution in [1.29, 1.82) is 0 Å². The van der Waals surface area contributed by atoms with E-state index in [1.807, 2.05) is 6.07 Å². The van der Waals surface area contributed by atoms with E-state index in [0.29, 0.717) is 19.0 Å². The Morgan fingerprint density at radius 2 is 2.35 bits per heavy atom. The molecule has 0 aliphatic carbocycles. The number of nitrogens with one attached hydrogen (secondary N) is 1. The van der Waals surface area contributed by atoms with Crippen molar-refractivity contribution in [2.75, 3.05) is 19.6 Å². The zero-order chi connectivity index (χ0) is 13.9. The first-order valence-corrected chi connectivity index (χ1v) is 7.13. The minimum atomic E-state index is -0.287. The van der Waals surface area contributed by atoms with Crippen LogP contribution in [0.15, 0.2) is 24.3 Å². The standard InChI is InChI=1S/C15H19FN2O2/c16-13-5-1-3-11(7-13)9-18-10-14(20-15(18)19)12-4-2-6-17-8-12/h1,3,5,7,12,14,17H,2,4,6,8-10H2. The molecule has 0 aromatic heterocycles. The molecule has 2 saturated heterocycles. The van der Waals surface area contributed by atoms with Gasteiger partial charge >= 0.3 is 6.09 Å². The number of carbonyl (C=O) groups is 1. The molecule has 4 nitrogen and oxygen atoms in total. The van der Waals surface area contributed by atoms with Crippen molar-refractivity contribution in [3.8, 4) is 0 Å². The van der Waals surface area contributed by atoms with E-state index in [1.165, 1.54) is 12.1 Å². The van der Waals surface area contributed by atoms with Gasteiger partial charge in [-0.15, -0.1) is 0 Å². The maximum atomic E-state index is 13.2. The molecule has 3 rings (SSSR count). The number of halogens is 1. The lowest BCUT2D eigenvalue weighted by Crippen LogP contribution is -2.38. The van der Waals surface area contributed by atoms with Gasteiger partial charge in [-0.05, 0) is 37.1 Å². The molecule has 2 aliphatic heterocycles. The van der Waals surface area contributed by atoms with Crippen LogP contribution < -0.4 is 5.32 Å². The summed E-state index contributed by atoms with van der Waals surface area (Å²) in [6.07, 6.45) is 1.90. The van der Waals surface area contributed by atoms with Crippen molar-refractivity contribution in [2.24, 2.45) is 5.92 Å². The predicted molar refractivity (Wildman–Crippen MR) is 72.7 cm³/mol. The number of ether oxygens (including phenoxy) is 1. The largest absolute Gasteiger partial charge is 0.444 e. The second-order valence-electron chi connectivity index (χ2n) is 5.54. The first-order chi connectivity index (χ1) is 9.72. The lowest BCUT2D eigenvalue weighted by atomic mass is 9.94. The van der Waals surface area contributed by atoms with Crippen molar-refractivity contribution in [3.63, 3.8) is 0 Å². The fraction of sp³-hybridized carbons (Fsp3) is 0.533. The SMILES string of the molecule is O=C1OC(C2CCCNC2)CN1Cc1cccc(F)c1. The number of hydrogen-bond donors (Lipinski definition) is 1. The van der Waals surface area contributed by atoms with E-state index in [4.69, 9.17) is 4.74 Å². The number of benzene rings is 1. The Labute approximate surface area is 117 Å². The Morgan fingerprint density at radius 1 is 1.45 bits per heavy atom. The molecule has 108 valence electrons. The highest BCUT2D eigenvalue weighted by atomic mass is 19.1. The van der Waals surface area contributed by atoms with Gasteiger partial charge in [0.05, 0.1) is 6.54 Å². The third-order valence-corrected chi connectivity index (χ3v) is 4.03. The third kappa shape index (κ3) is 2.93. The maximum absolute atomic E-state index is 13.2. The van der Waals surface area contributed by atoms with E-state index in [1.54, 1.807) is 11.0 Å². The maximum Gasteiger partial charge on any atom is 0.410 e. The molecule has 0 bridgehead atoms. The Morgan fingerprint density at radius 3 is 3.10 bits per heavy atom. The lowest BCUT2D eigenvalue weighted by molar-refractivity contribution is 0.0926. The minimum Gasteiger partial charge on any atom is -0.444 e. The molecule has 20 heavy (non-hydrogen) atoms. The molecule has 1 N–H and O–H groups in total. The van der Waals surface area contributed by atoms with Gasteiger partial charge in [-0.25, -0.2) is 9.18 Å². The topological polar surface area (TPSA) is 41.6 Å². The van der Waals surface area contributed by atoms with E-state index in [-0.39, 0.29) is 18.0 Å². The van der Waals surface area contributed by atoms with Crippen LogP contribution in [0.3, 0.4) is 0 Å². The van der Waals surface area contributed by atoms with Crippen LogP contribution in [0.2, 0.25) is 0 Å². The number of rotatable bonds is 3. The molecule has 2 aliphatic rings. The van der Waals surface area contributed by atoms with Crippen molar-refractivity contribution in [3.05, 3.63) is 35.6 Å². The summed E-state index contributed by atoms with van der Waals surface area (Å²) in [5, 5.41) is 3.34. The van der Waals surface area contributed by atoms with E-state index in [2.05, 4.69) is 5.32 Å². The molecule has 0 spiro atoms. The summed E-state index contributed by atoms with van der Waals surface area (Å²) in [7, 11) is 0. The molecule has 2 atom stereocenters. The normalized spacial score (nSPS) is 26.6. The van der Waals surface area contributed by atoms with E-state index < -0.39 is 0 Å². The molecule has 0 radical (unpaired) electrons. The fourth-order valence-corrected chi connectivity index (χ4v) is 2.96. The van der Waals surface area contributed by atoms with E-state index >= 15 is 0 Å². The van der Waals surface area contributed by atoms with Crippen LogP contribution in [-0.2, 0) is 11.3 Å². The van der Waals surface area contributed by atoms with E-state index in [0.717, 1.165) is 31.5 Å². The van der Waals surface area contributed by atoms with Crippen LogP contribution in [0.5, 0.6) is 0 Å². The summed E-state index contributed by atoms with van der Waals surface area (Å²) in [4.78, 5) is 13.6. The minimum absolute atomic E-state index is 0.0381. The first kappa shape index (κ1) is 13.4. The summed E-state index contributed by atoms with van der Waals surface area (Å²) >= 11 is 0. The van der Waals surface area contributed by atoms with Gasteiger partial charge in [0.2, 0.25) is 0 Å². The summed E-state index contributed by atoms with van der Waals surface area (Å²) in [6.45, 7) is 2.96. The van der Waals surface area contributed by atoms with Crippen LogP contribution in [0.1, 0.15) is 18.4 Å². The second-order valence-corrected chi connectivity index (χ2v) is 5.54. The smallest absolute Gasteiger partial charge is 0.410 e. The van der Waals surface area contributed by atoms with E-state index in [9.17, 15) is 9.18 Å². The summed E-state index contributed by atoms with van der Waals surface area (Å²) in [5.41, 5.74) is 0.796. The first-order valence-electron chi connectivity index (χ1n) is 7.13. The summed E-state index contributed by atoms with van der Waals surface area (Å²) in [5.74, 6) is 0.119. The van der Waals surface area contributed by atoms with Gasteiger partial charge in [0.25, 0.3) is 0 Å². The highest BCUT2D eigenvalue weighted by Crippen LogP contribution is 2.24. The molecule has 1 aromatic carbocycles. The lowest BCUT2D eigenvalue weighted by Gasteiger charge is -2.26. The Hall–Kier alpha value is -1.62. The Kier molecular flexibility index (Phi) is 3.87. The predicted octanol–water partition coefficient (Wildman–Crippen LogP) is 2.15. The molecular formula is C15H19FN2O2.